The van der Waals surface area contributed by atoms with E-state index < -0.39 is 17.1 Å². The lowest BCUT2D eigenvalue weighted by atomic mass is 9.81. The van der Waals surface area contributed by atoms with Gasteiger partial charge in [0.15, 0.2) is 5.67 Å². The lowest BCUT2D eigenvalue weighted by molar-refractivity contribution is -0.149. The lowest BCUT2D eigenvalue weighted by Crippen LogP contribution is -2.52. The van der Waals surface area contributed by atoms with Gasteiger partial charge in [-0.2, -0.15) is 4.98 Å². The van der Waals surface area contributed by atoms with Crippen molar-refractivity contribution in [2.75, 3.05) is 62.0 Å². The Hall–Kier alpha value is -3.12. The third-order valence-electron chi connectivity index (χ3n) is 6.84. The summed E-state index contributed by atoms with van der Waals surface area (Å²) in [5, 5.41) is 13.6. The normalized spacial score (nSPS) is 24.1. The van der Waals surface area contributed by atoms with Gasteiger partial charge in [0.1, 0.15) is 5.82 Å². The average molecular weight is 473 g/mol. The van der Waals surface area contributed by atoms with Crippen LogP contribution >= 0.6 is 0 Å². The van der Waals surface area contributed by atoms with E-state index in [1.165, 1.54) is 4.90 Å². The summed E-state index contributed by atoms with van der Waals surface area (Å²) >= 11 is 0. The van der Waals surface area contributed by atoms with Crippen LogP contribution in [-0.4, -0.2) is 93.1 Å². The number of nitrogens with zero attached hydrogens (tertiary/aromatic N) is 6. The second-order valence-corrected chi connectivity index (χ2v) is 9.23. The van der Waals surface area contributed by atoms with Crippen LogP contribution < -0.4 is 16.0 Å². The lowest BCUT2D eigenvalue weighted by Gasteiger charge is -2.36. The van der Waals surface area contributed by atoms with Crippen LogP contribution in [0.4, 0.5) is 22.1 Å². The van der Waals surface area contributed by atoms with E-state index in [0.29, 0.717) is 62.3 Å². The molecular weight excluding hydrogens is 443 g/mol. The largest absolute Gasteiger partial charge is 0.394 e. The van der Waals surface area contributed by atoms with Gasteiger partial charge in [-0.3, -0.25) is 4.79 Å². The number of nitrogens with one attached hydrogen (secondary N) is 1. The van der Waals surface area contributed by atoms with Crippen molar-refractivity contribution in [2.45, 2.75) is 36.9 Å². The minimum Gasteiger partial charge on any atom is -0.394 e. The van der Waals surface area contributed by atoms with Crippen LogP contribution in [0.3, 0.4) is 0 Å². The summed E-state index contributed by atoms with van der Waals surface area (Å²) in [4.78, 5) is 33.8. The first-order valence-electron chi connectivity index (χ1n) is 11.6. The molecule has 2 aromatic heterocycles. The van der Waals surface area contributed by atoms with Crippen LogP contribution in [0.25, 0.3) is 11.3 Å². The fourth-order valence-corrected chi connectivity index (χ4v) is 4.59. The van der Waals surface area contributed by atoms with Gasteiger partial charge in [0.25, 0.3) is 5.91 Å². The van der Waals surface area contributed by atoms with E-state index in [9.17, 15) is 14.3 Å². The quantitative estimate of drug-likeness (QED) is 0.547. The van der Waals surface area contributed by atoms with Gasteiger partial charge in [-0.1, -0.05) is 0 Å². The highest BCUT2D eigenvalue weighted by Gasteiger charge is 2.50. The van der Waals surface area contributed by atoms with Gasteiger partial charge in [0, 0.05) is 50.2 Å². The van der Waals surface area contributed by atoms with Crippen molar-refractivity contribution in [1.29, 1.82) is 0 Å². The number of rotatable bonds is 6. The van der Waals surface area contributed by atoms with Crippen molar-refractivity contribution in [3.05, 3.63) is 18.5 Å². The van der Waals surface area contributed by atoms with Gasteiger partial charge in [0.05, 0.1) is 31.1 Å². The van der Waals surface area contributed by atoms with Crippen molar-refractivity contribution < 1.29 is 19.0 Å². The van der Waals surface area contributed by atoms with Crippen LogP contribution in [0, 0.1) is 0 Å². The van der Waals surface area contributed by atoms with Crippen molar-refractivity contribution in [3.63, 3.8) is 0 Å². The van der Waals surface area contributed by atoms with E-state index in [2.05, 4.69) is 15.3 Å². The van der Waals surface area contributed by atoms with Crippen LogP contribution in [0.15, 0.2) is 18.5 Å². The first-order valence-corrected chi connectivity index (χ1v) is 11.6. The zero-order valence-electron chi connectivity index (χ0n) is 18.9. The molecule has 2 saturated heterocycles. The molecule has 0 bridgehead atoms. The molecule has 12 heteroatoms. The minimum atomic E-state index is -1.76. The van der Waals surface area contributed by atoms with Gasteiger partial charge in [-0.25, -0.2) is 19.3 Å². The molecule has 1 aliphatic carbocycles. The number of likely N-dealkylation sites (tertiary alicyclic amines) is 1. The Morgan fingerprint density at radius 3 is 2.56 bits per heavy atom. The second-order valence-electron chi connectivity index (χ2n) is 9.23. The predicted molar refractivity (Wildman–Crippen MR) is 123 cm³/mol. The zero-order valence-corrected chi connectivity index (χ0v) is 18.9. The number of aliphatic hydroxyl groups is 1. The molecule has 11 nitrogen and oxygen atoms in total. The number of carbonyl (C=O) groups is 1. The summed E-state index contributed by atoms with van der Waals surface area (Å²) in [6, 6.07) is 1.75. The average Bonchev–Trinajstić information content (AvgIpc) is 3.27. The third kappa shape index (κ3) is 4.34. The van der Waals surface area contributed by atoms with E-state index in [0.717, 1.165) is 6.42 Å². The number of aliphatic hydroxyl groups excluding tert-OH is 1. The fraction of sp³-hybridized carbons (Fsp3) is 0.591. The molecule has 3 fully saturated rings. The number of hydrogen-bond acceptors (Lipinski definition) is 10. The molecule has 3 aliphatic rings. The van der Waals surface area contributed by atoms with Gasteiger partial charge in [-0.15, -0.1) is 0 Å². The molecular formula is C22H29FN8O3. The Morgan fingerprint density at radius 2 is 1.91 bits per heavy atom. The van der Waals surface area contributed by atoms with Gasteiger partial charge >= 0.3 is 0 Å². The Morgan fingerprint density at radius 1 is 1.18 bits per heavy atom. The monoisotopic (exact) mass is 472 g/mol. The van der Waals surface area contributed by atoms with Crippen molar-refractivity contribution in [2.24, 2.45) is 0 Å². The number of anilines is 3. The van der Waals surface area contributed by atoms with Crippen LogP contribution in [-0.2, 0) is 9.53 Å². The maximum Gasteiger partial charge on any atom is 0.260 e. The number of aromatic nitrogens is 4. The molecule has 34 heavy (non-hydrogen) atoms. The van der Waals surface area contributed by atoms with Gasteiger partial charge in [-0.05, 0) is 25.7 Å². The standard InChI is InChI=1S/C22H29FN8O3/c23-22(2-1-3-22)18(33)31-5-4-21(13-31,14-32)29-17-10-16(15-11-25-19(24)26-12-15)27-20(28-17)30-6-8-34-9-7-30/h10-12,32H,1-9,13-14H2,(H2,24,25,26)(H,27,28,29)/t21-/m0/s1. The van der Waals surface area contributed by atoms with Gasteiger partial charge < -0.3 is 30.7 Å². The summed E-state index contributed by atoms with van der Waals surface area (Å²) in [6.45, 7) is 2.78. The molecule has 0 radical (unpaired) electrons. The number of carbonyl (C=O) groups excluding carboxylic acids is 1. The Balaban J connectivity index is 1.42. The molecule has 0 spiro atoms. The SMILES string of the molecule is Nc1ncc(-c2cc(N[C@@]3(CO)CCN(C(=O)C4(F)CCC4)C3)nc(N3CCOCC3)n2)cn1. The first-order chi connectivity index (χ1) is 16.4. The molecule has 1 saturated carbocycles. The molecule has 1 amide bonds. The van der Waals surface area contributed by atoms with E-state index in [1.807, 2.05) is 4.90 Å². The zero-order chi connectivity index (χ0) is 23.8. The number of morpholine rings is 1. The van der Waals surface area contributed by atoms with Gasteiger partial charge in [0.2, 0.25) is 11.9 Å². The first kappa shape index (κ1) is 22.7. The Bertz CT molecular complexity index is 1040. The summed E-state index contributed by atoms with van der Waals surface area (Å²) in [5.41, 5.74) is 4.30. The highest BCUT2D eigenvalue weighted by Crippen LogP contribution is 2.39. The number of amides is 1. The predicted octanol–water partition coefficient (Wildman–Crippen LogP) is 0.620. The summed E-state index contributed by atoms with van der Waals surface area (Å²) in [6.07, 6.45) is 4.92. The Labute approximate surface area is 196 Å². The third-order valence-corrected chi connectivity index (χ3v) is 6.84. The maximum absolute atomic E-state index is 14.7. The number of nitrogen functional groups attached to an aromatic ring is 1. The summed E-state index contributed by atoms with van der Waals surface area (Å²) in [5.74, 6) is 0.686. The molecule has 2 aromatic rings. The molecule has 0 unspecified atom stereocenters. The number of halogens is 1. The maximum atomic E-state index is 14.7. The van der Waals surface area contributed by atoms with Crippen molar-refractivity contribution in [3.8, 4) is 11.3 Å². The fourth-order valence-electron chi connectivity index (χ4n) is 4.59. The number of nitrogens with two attached hydrogens (primary N) is 1. The molecule has 4 N–H and O–H groups in total. The van der Waals surface area contributed by atoms with Crippen molar-refractivity contribution in [1.82, 2.24) is 24.8 Å². The van der Waals surface area contributed by atoms with Crippen LogP contribution in [0.2, 0.25) is 0 Å². The molecule has 0 aromatic carbocycles. The van der Waals surface area contributed by atoms with E-state index >= 15 is 0 Å². The smallest absolute Gasteiger partial charge is 0.260 e. The second kappa shape index (κ2) is 8.91. The van der Waals surface area contributed by atoms with Crippen molar-refractivity contribution >= 4 is 23.6 Å². The molecule has 4 heterocycles. The highest BCUT2D eigenvalue weighted by molar-refractivity contribution is 5.86. The molecule has 5 rings (SSSR count). The van der Waals surface area contributed by atoms with Crippen LogP contribution in [0.5, 0.6) is 0 Å². The Kier molecular flexibility index (Phi) is 5.94. The number of ether oxygens (including phenoxy) is 1. The van der Waals surface area contributed by atoms with E-state index in [1.54, 1.807) is 18.5 Å². The topological polar surface area (TPSA) is 143 Å². The van der Waals surface area contributed by atoms with E-state index in [-0.39, 0.29) is 31.9 Å². The van der Waals surface area contributed by atoms with Crippen LogP contribution in [0.1, 0.15) is 25.7 Å². The van der Waals surface area contributed by atoms with E-state index in [4.69, 9.17) is 20.4 Å². The number of hydrogen-bond donors (Lipinski definition) is 3. The summed E-state index contributed by atoms with van der Waals surface area (Å²) in [7, 11) is 0. The number of alkyl halides is 1. The summed E-state index contributed by atoms with van der Waals surface area (Å²) < 4.78 is 20.2. The highest BCUT2D eigenvalue weighted by atomic mass is 19.1. The molecule has 2 aliphatic heterocycles. The minimum absolute atomic E-state index is 0.164. The molecule has 1 atom stereocenters. The molecule has 182 valence electrons.